The first-order valence-corrected chi connectivity index (χ1v) is 11.5. The monoisotopic (exact) mass is 472 g/mol. The molecular formula is C28H28N2O5. The molecule has 4 rings (SSSR count). The third-order valence-electron chi connectivity index (χ3n) is 5.58. The largest absolute Gasteiger partial charge is 0.478 e. The predicted molar refractivity (Wildman–Crippen MR) is 133 cm³/mol. The molecule has 180 valence electrons. The molecule has 0 amide bonds. The molecule has 0 atom stereocenters. The Morgan fingerprint density at radius 1 is 1.00 bits per heavy atom. The van der Waals surface area contributed by atoms with Crippen molar-refractivity contribution in [3.8, 4) is 29.0 Å². The first-order chi connectivity index (χ1) is 17.1. The van der Waals surface area contributed by atoms with Crippen molar-refractivity contribution in [2.45, 2.75) is 6.54 Å². The van der Waals surface area contributed by atoms with Crippen LogP contribution in [-0.2, 0) is 16.0 Å². The molecule has 0 spiro atoms. The first-order valence-electron chi connectivity index (χ1n) is 11.5. The first kappa shape index (κ1) is 24.4. The second kappa shape index (κ2) is 12.1. The van der Waals surface area contributed by atoms with E-state index in [9.17, 15) is 9.90 Å². The maximum Gasteiger partial charge on any atom is 0.335 e. The van der Waals surface area contributed by atoms with Crippen LogP contribution in [0.4, 0.5) is 0 Å². The number of hydrogen-bond donors (Lipinski definition) is 1. The van der Waals surface area contributed by atoms with Crippen molar-refractivity contribution in [1.82, 2.24) is 9.88 Å². The van der Waals surface area contributed by atoms with Gasteiger partial charge in [-0.05, 0) is 35.9 Å². The number of carboxylic acids is 1. The van der Waals surface area contributed by atoms with Gasteiger partial charge in [-0.3, -0.25) is 4.90 Å². The lowest BCUT2D eigenvalue weighted by atomic mass is 10.1. The summed E-state index contributed by atoms with van der Waals surface area (Å²) in [5.41, 5.74) is 4.49. The molecular weight excluding hydrogens is 444 g/mol. The molecule has 3 aromatic rings. The smallest absolute Gasteiger partial charge is 0.335 e. The highest BCUT2D eigenvalue weighted by atomic mass is 16.5. The number of benzene rings is 2. The van der Waals surface area contributed by atoms with Crippen molar-refractivity contribution in [3.05, 3.63) is 82.9 Å². The number of hydrogen-bond acceptors (Lipinski definition) is 6. The van der Waals surface area contributed by atoms with Crippen LogP contribution >= 0.6 is 0 Å². The highest BCUT2D eigenvalue weighted by Gasteiger charge is 2.12. The quantitative estimate of drug-likeness (QED) is 0.395. The van der Waals surface area contributed by atoms with E-state index in [1.54, 1.807) is 7.11 Å². The van der Waals surface area contributed by atoms with E-state index in [1.165, 1.54) is 17.7 Å². The molecule has 0 aliphatic carbocycles. The number of aromatic nitrogens is 1. The molecule has 0 bridgehead atoms. The summed E-state index contributed by atoms with van der Waals surface area (Å²) in [4.78, 5) is 18.4. The Kier molecular flexibility index (Phi) is 8.47. The number of pyridine rings is 1. The Morgan fingerprint density at radius 2 is 1.66 bits per heavy atom. The third kappa shape index (κ3) is 7.14. The van der Waals surface area contributed by atoms with Gasteiger partial charge in [-0.25, -0.2) is 9.78 Å². The van der Waals surface area contributed by atoms with Crippen LogP contribution in [0.5, 0.6) is 5.88 Å². The summed E-state index contributed by atoms with van der Waals surface area (Å²) in [7, 11) is 1.57. The number of aromatic carboxylic acids is 1. The Labute approximate surface area is 205 Å². The van der Waals surface area contributed by atoms with Crippen molar-refractivity contribution >= 4 is 5.97 Å². The average molecular weight is 473 g/mol. The summed E-state index contributed by atoms with van der Waals surface area (Å²) >= 11 is 0. The van der Waals surface area contributed by atoms with E-state index in [2.05, 4.69) is 33.9 Å². The highest BCUT2D eigenvalue weighted by molar-refractivity contribution is 5.89. The number of rotatable bonds is 8. The fourth-order valence-corrected chi connectivity index (χ4v) is 3.66. The van der Waals surface area contributed by atoms with E-state index < -0.39 is 5.97 Å². The van der Waals surface area contributed by atoms with E-state index in [-0.39, 0.29) is 18.1 Å². The topological polar surface area (TPSA) is 81.1 Å². The lowest BCUT2D eigenvalue weighted by molar-refractivity contribution is 0.0342. The molecule has 1 aromatic heterocycles. The second-order valence-electron chi connectivity index (χ2n) is 8.14. The zero-order chi connectivity index (χ0) is 24.5. The van der Waals surface area contributed by atoms with Crippen LogP contribution in [-0.4, -0.2) is 67.6 Å². The zero-order valence-corrected chi connectivity index (χ0v) is 19.7. The van der Waals surface area contributed by atoms with E-state index in [1.807, 2.05) is 36.4 Å². The summed E-state index contributed by atoms with van der Waals surface area (Å²) in [5.74, 6) is 5.60. The molecule has 1 aliphatic rings. The van der Waals surface area contributed by atoms with Gasteiger partial charge in [0.05, 0.1) is 31.1 Å². The van der Waals surface area contributed by atoms with Crippen LogP contribution < -0.4 is 4.74 Å². The maximum atomic E-state index is 11.5. The minimum absolute atomic E-state index is 0.114. The van der Waals surface area contributed by atoms with Gasteiger partial charge in [0.25, 0.3) is 0 Å². The normalized spacial score (nSPS) is 13.6. The summed E-state index contributed by atoms with van der Waals surface area (Å²) in [6.07, 6.45) is 0. The third-order valence-corrected chi connectivity index (χ3v) is 5.58. The van der Waals surface area contributed by atoms with E-state index in [0.29, 0.717) is 12.3 Å². The highest BCUT2D eigenvalue weighted by Crippen LogP contribution is 2.23. The van der Waals surface area contributed by atoms with E-state index >= 15 is 0 Å². The van der Waals surface area contributed by atoms with Crippen LogP contribution in [0.15, 0.2) is 60.7 Å². The second-order valence-corrected chi connectivity index (χ2v) is 8.14. The summed E-state index contributed by atoms with van der Waals surface area (Å²) in [6, 6.07) is 18.8. The zero-order valence-electron chi connectivity index (χ0n) is 19.7. The molecule has 0 saturated carbocycles. The maximum absolute atomic E-state index is 11.5. The average Bonchev–Trinajstić information content (AvgIpc) is 2.89. The van der Waals surface area contributed by atoms with Gasteiger partial charge in [0.2, 0.25) is 5.88 Å². The molecule has 1 saturated heterocycles. The fourth-order valence-electron chi connectivity index (χ4n) is 3.66. The number of nitrogens with zero attached hydrogens (tertiary/aromatic N) is 2. The van der Waals surface area contributed by atoms with Gasteiger partial charge in [0, 0.05) is 49.5 Å². The summed E-state index contributed by atoms with van der Waals surface area (Å²) in [6.45, 7) is 5.13. The van der Waals surface area contributed by atoms with Crippen molar-refractivity contribution < 1.29 is 24.1 Å². The van der Waals surface area contributed by atoms with Gasteiger partial charge in [0.1, 0.15) is 6.61 Å². The standard InChI is InChI=1S/C28H28N2O5/c1-33-16-17-35-27-19-25(28(31)32)18-26(29-27)24-10-8-22(9-11-24)3-2-21-4-6-23(7-5-21)20-30-12-14-34-15-13-30/h4-11,18-19H,12-17,20H2,1H3,(H,31,32). The van der Waals surface area contributed by atoms with Gasteiger partial charge in [0.15, 0.2) is 0 Å². The summed E-state index contributed by atoms with van der Waals surface area (Å²) < 4.78 is 15.9. The number of carbonyl (C=O) groups is 1. The molecule has 7 heteroatoms. The van der Waals surface area contributed by atoms with Gasteiger partial charge >= 0.3 is 5.97 Å². The molecule has 0 unspecified atom stereocenters. The molecule has 1 fully saturated rings. The minimum atomic E-state index is -1.04. The van der Waals surface area contributed by atoms with Crippen molar-refractivity contribution in [3.63, 3.8) is 0 Å². The van der Waals surface area contributed by atoms with Crippen molar-refractivity contribution in [2.24, 2.45) is 0 Å². The van der Waals surface area contributed by atoms with E-state index in [4.69, 9.17) is 14.2 Å². The summed E-state index contributed by atoms with van der Waals surface area (Å²) in [5, 5.41) is 9.44. The Morgan fingerprint density at radius 3 is 2.29 bits per heavy atom. The molecule has 2 heterocycles. The molecule has 7 nitrogen and oxygen atoms in total. The van der Waals surface area contributed by atoms with Crippen LogP contribution in [0.2, 0.25) is 0 Å². The molecule has 1 N–H and O–H groups in total. The number of morpholine rings is 1. The van der Waals surface area contributed by atoms with Crippen LogP contribution in [0.1, 0.15) is 27.0 Å². The van der Waals surface area contributed by atoms with Crippen molar-refractivity contribution in [1.29, 1.82) is 0 Å². The van der Waals surface area contributed by atoms with Gasteiger partial charge < -0.3 is 19.3 Å². The Hall–Kier alpha value is -3.70. The van der Waals surface area contributed by atoms with E-state index in [0.717, 1.165) is 49.5 Å². The fraction of sp³-hybridized carbons (Fsp3) is 0.286. The SMILES string of the molecule is COCCOc1cc(C(=O)O)cc(-c2ccc(C#Cc3ccc(CN4CCOCC4)cc3)cc2)n1. The van der Waals surface area contributed by atoms with Gasteiger partial charge in [-0.1, -0.05) is 36.1 Å². The van der Waals surface area contributed by atoms with Crippen molar-refractivity contribution in [2.75, 3.05) is 46.6 Å². The molecule has 0 radical (unpaired) electrons. The predicted octanol–water partition coefficient (Wildman–Crippen LogP) is 3.70. The number of ether oxygens (including phenoxy) is 3. The Bertz CT molecular complexity index is 1190. The lowest BCUT2D eigenvalue weighted by Gasteiger charge is -2.26. The number of methoxy groups -OCH3 is 1. The molecule has 1 aliphatic heterocycles. The number of carboxylic acid groups (broad SMARTS) is 1. The molecule has 35 heavy (non-hydrogen) atoms. The minimum Gasteiger partial charge on any atom is -0.478 e. The van der Waals surface area contributed by atoms with Crippen LogP contribution in [0, 0.1) is 11.8 Å². The van der Waals surface area contributed by atoms with Crippen LogP contribution in [0.25, 0.3) is 11.3 Å². The van der Waals surface area contributed by atoms with Gasteiger partial charge in [-0.15, -0.1) is 0 Å². The molecule has 2 aromatic carbocycles. The van der Waals surface area contributed by atoms with Gasteiger partial charge in [-0.2, -0.15) is 0 Å². The van der Waals surface area contributed by atoms with Crippen LogP contribution in [0.3, 0.4) is 0 Å². The Balaban J connectivity index is 1.43. The lowest BCUT2D eigenvalue weighted by Crippen LogP contribution is -2.35.